The van der Waals surface area contributed by atoms with E-state index in [-0.39, 0.29) is 12.6 Å². The zero-order chi connectivity index (χ0) is 13.2. The van der Waals surface area contributed by atoms with Crippen LogP contribution < -0.4 is 4.74 Å². The lowest BCUT2D eigenvalue weighted by atomic mass is 9.71. The summed E-state index contributed by atoms with van der Waals surface area (Å²) in [6.45, 7) is 0.0326. The van der Waals surface area contributed by atoms with Crippen LogP contribution in [-0.2, 0) is 6.18 Å². The summed E-state index contributed by atoms with van der Waals surface area (Å²) in [4.78, 5) is 6.88. The average molecular weight is 257 g/mol. The zero-order valence-electron chi connectivity index (χ0n) is 9.37. The molecule has 1 fully saturated rings. The van der Waals surface area contributed by atoms with E-state index in [0.717, 1.165) is 18.7 Å². The van der Waals surface area contributed by atoms with Crippen LogP contribution in [0.1, 0.15) is 25.0 Å². The molecule has 0 unspecified atom stereocenters. The number of rotatable bonds is 3. The monoisotopic (exact) mass is 257 g/mol. The quantitative estimate of drug-likeness (QED) is 0.835. The van der Waals surface area contributed by atoms with Crippen molar-refractivity contribution in [1.29, 1.82) is 5.26 Å². The van der Waals surface area contributed by atoms with Crippen LogP contribution in [0.4, 0.5) is 13.2 Å². The molecule has 0 aliphatic heterocycles. The Hall–Kier alpha value is -1.84. The van der Waals surface area contributed by atoms with Crippen LogP contribution in [0.2, 0.25) is 0 Å². The van der Waals surface area contributed by atoms with Gasteiger partial charge in [0.2, 0.25) is 0 Å². The van der Waals surface area contributed by atoms with Crippen molar-refractivity contribution in [3.8, 4) is 12.1 Å². The van der Waals surface area contributed by atoms with E-state index in [0.29, 0.717) is 12.8 Å². The van der Waals surface area contributed by atoms with Crippen molar-refractivity contribution in [2.75, 3.05) is 6.61 Å². The van der Waals surface area contributed by atoms with Gasteiger partial charge in [-0.25, -0.2) is 4.98 Å². The van der Waals surface area contributed by atoms with E-state index in [1.807, 2.05) is 0 Å². The van der Waals surface area contributed by atoms with Gasteiger partial charge in [0.25, 0.3) is 0 Å². The third kappa shape index (κ3) is 2.53. The number of alkyl halides is 3. The number of halogens is 3. The largest absolute Gasteiger partial charge is 0.462 e. The molecule has 2 rings (SSSR count). The molecule has 1 heterocycles. The van der Waals surface area contributed by atoms with Crippen molar-refractivity contribution >= 4 is 0 Å². The Morgan fingerprint density at radius 2 is 2.17 bits per heavy atom. The molecule has 1 aliphatic carbocycles. The first-order valence-electron chi connectivity index (χ1n) is 5.40. The Labute approximate surface area is 101 Å². The molecule has 96 valence electrons. The van der Waals surface area contributed by atoms with Gasteiger partial charge in [-0.2, -0.15) is 23.4 Å². The second kappa shape index (κ2) is 4.44. The van der Waals surface area contributed by atoms with Gasteiger partial charge in [-0.15, -0.1) is 0 Å². The van der Waals surface area contributed by atoms with Crippen molar-refractivity contribution in [1.82, 2.24) is 9.97 Å². The SMILES string of the molecule is N#CC1(COc2nccc(C(F)(F)F)n2)CCC1. The van der Waals surface area contributed by atoms with Crippen molar-refractivity contribution in [3.05, 3.63) is 18.0 Å². The number of ether oxygens (including phenoxy) is 1. The molecule has 1 saturated carbocycles. The van der Waals surface area contributed by atoms with Gasteiger partial charge < -0.3 is 4.74 Å². The molecule has 1 aromatic rings. The van der Waals surface area contributed by atoms with Gasteiger partial charge in [0.15, 0.2) is 5.69 Å². The standard InChI is InChI=1S/C11H10F3N3O/c12-11(13,14)8-2-5-16-9(17-8)18-7-10(6-15)3-1-4-10/h2,5H,1,3-4,7H2. The van der Waals surface area contributed by atoms with Crippen LogP contribution in [0.5, 0.6) is 6.01 Å². The first-order chi connectivity index (χ1) is 8.45. The maximum absolute atomic E-state index is 12.4. The Morgan fingerprint density at radius 1 is 1.44 bits per heavy atom. The molecule has 7 heteroatoms. The van der Waals surface area contributed by atoms with Crippen LogP contribution >= 0.6 is 0 Å². The lowest BCUT2D eigenvalue weighted by Crippen LogP contribution is -2.34. The first-order valence-corrected chi connectivity index (χ1v) is 5.40. The number of hydrogen-bond donors (Lipinski definition) is 0. The van der Waals surface area contributed by atoms with E-state index in [4.69, 9.17) is 10.00 Å². The minimum atomic E-state index is -4.52. The number of aromatic nitrogens is 2. The van der Waals surface area contributed by atoms with Crippen molar-refractivity contribution < 1.29 is 17.9 Å². The zero-order valence-corrected chi connectivity index (χ0v) is 9.37. The van der Waals surface area contributed by atoms with Crippen molar-refractivity contribution in [2.24, 2.45) is 5.41 Å². The van der Waals surface area contributed by atoms with E-state index >= 15 is 0 Å². The van der Waals surface area contributed by atoms with E-state index in [1.165, 1.54) is 0 Å². The highest BCUT2D eigenvalue weighted by Gasteiger charge is 2.38. The average Bonchev–Trinajstić information content (AvgIpc) is 2.27. The fourth-order valence-corrected chi connectivity index (χ4v) is 1.66. The summed E-state index contributed by atoms with van der Waals surface area (Å²) in [7, 11) is 0. The Morgan fingerprint density at radius 3 is 2.67 bits per heavy atom. The highest BCUT2D eigenvalue weighted by Crippen LogP contribution is 2.40. The summed E-state index contributed by atoms with van der Waals surface area (Å²) >= 11 is 0. The Kier molecular flexibility index (Phi) is 3.11. The van der Waals surface area contributed by atoms with Gasteiger partial charge >= 0.3 is 12.2 Å². The third-order valence-corrected chi connectivity index (χ3v) is 2.95. The van der Waals surface area contributed by atoms with Gasteiger partial charge in [0, 0.05) is 6.20 Å². The van der Waals surface area contributed by atoms with Gasteiger partial charge in [-0.3, -0.25) is 0 Å². The smallest absolute Gasteiger partial charge is 0.433 e. The molecule has 0 bridgehead atoms. The van der Waals surface area contributed by atoms with Crippen LogP contribution in [0, 0.1) is 16.7 Å². The fraction of sp³-hybridized carbons (Fsp3) is 0.545. The summed E-state index contributed by atoms with van der Waals surface area (Å²) in [6, 6.07) is 2.56. The summed E-state index contributed by atoms with van der Waals surface area (Å²) in [6.07, 6.45) is -1.21. The Bertz CT molecular complexity index is 477. The predicted molar refractivity (Wildman–Crippen MR) is 54.4 cm³/mol. The molecular formula is C11H10F3N3O. The fourth-order valence-electron chi connectivity index (χ4n) is 1.66. The Balaban J connectivity index is 2.04. The van der Waals surface area contributed by atoms with E-state index in [2.05, 4.69) is 16.0 Å². The topological polar surface area (TPSA) is 58.8 Å². The van der Waals surface area contributed by atoms with E-state index < -0.39 is 17.3 Å². The molecular weight excluding hydrogens is 247 g/mol. The van der Waals surface area contributed by atoms with Crippen LogP contribution in [0.3, 0.4) is 0 Å². The second-order valence-corrected chi connectivity index (χ2v) is 4.26. The second-order valence-electron chi connectivity index (χ2n) is 4.26. The lowest BCUT2D eigenvalue weighted by molar-refractivity contribution is -0.141. The molecule has 1 aromatic heterocycles. The molecule has 4 nitrogen and oxygen atoms in total. The van der Waals surface area contributed by atoms with E-state index in [9.17, 15) is 13.2 Å². The number of nitrogens with zero attached hydrogens (tertiary/aromatic N) is 3. The van der Waals surface area contributed by atoms with E-state index in [1.54, 1.807) is 0 Å². The lowest BCUT2D eigenvalue weighted by Gasteiger charge is -2.34. The molecule has 18 heavy (non-hydrogen) atoms. The highest BCUT2D eigenvalue weighted by atomic mass is 19.4. The minimum absolute atomic E-state index is 0.0326. The summed E-state index contributed by atoms with van der Waals surface area (Å²) in [5, 5.41) is 8.95. The minimum Gasteiger partial charge on any atom is -0.462 e. The molecule has 0 N–H and O–H groups in total. The maximum Gasteiger partial charge on any atom is 0.433 e. The van der Waals surface area contributed by atoms with Crippen LogP contribution in [0.25, 0.3) is 0 Å². The molecule has 0 atom stereocenters. The van der Waals surface area contributed by atoms with Crippen LogP contribution in [0.15, 0.2) is 12.3 Å². The molecule has 0 aromatic carbocycles. The van der Waals surface area contributed by atoms with Gasteiger partial charge in [0.1, 0.15) is 6.61 Å². The van der Waals surface area contributed by atoms with Crippen LogP contribution in [-0.4, -0.2) is 16.6 Å². The maximum atomic E-state index is 12.4. The summed E-state index contributed by atoms with van der Waals surface area (Å²) in [5.41, 5.74) is -1.63. The van der Waals surface area contributed by atoms with Crippen molar-refractivity contribution in [3.63, 3.8) is 0 Å². The van der Waals surface area contributed by atoms with Gasteiger partial charge in [-0.1, -0.05) is 6.42 Å². The predicted octanol–water partition coefficient (Wildman–Crippen LogP) is 2.57. The van der Waals surface area contributed by atoms with Crippen molar-refractivity contribution in [2.45, 2.75) is 25.4 Å². The molecule has 1 aliphatic rings. The van der Waals surface area contributed by atoms with Gasteiger partial charge in [0.05, 0.1) is 11.5 Å². The normalized spacial score (nSPS) is 17.7. The van der Waals surface area contributed by atoms with Gasteiger partial charge in [-0.05, 0) is 18.9 Å². The molecule has 0 saturated heterocycles. The first kappa shape index (κ1) is 12.6. The number of hydrogen-bond acceptors (Lipinski definition) is 4. The highest BCUT2D eigenvalue weighted by molar-refractivity contribution is 5.10. The molecule has 0 spiro atoms. The molecule has 0 amide bonds. The molecule has 0 radical (unpaired) electrons. The summed E-state index contributed by atoms with van der Waals surface area (Å²) in [5.74, 6) is 0. The third-order valence-electron chi connectivity index (χ3n) is 2.95. The number of nitriles is 1. The summed E-state index contributed by atoms with van der Waals surface area (Å²) < 4.78 is 42.3.